The molecule has 1 saturated carbocycles. The van der Waals surface area contributed by atoms with Crippen LogP contribution in [0.2, 0.25) is 0 Å². The number of halogens is 1. The summed E-state index contributed by atoms with van der Waals surface area (Å²) in [5, 5.41) is 31.1. The van der Waals surface area contributed by atoms with Crippen LogP contribution >= 0.6 is 0 Å². The molecule has 1 aromatic rings. The van der Waals surface area contributed by atoms with E-state index in [2.05, 4.69) is 0 Å². The minimum absolute atomic E-state index is 0.0230. The Morgan fingerprint density at radius 1 is 1.16 bits per heavy atom. The first-order valence-corrected chi connectivity index (χ1v) is 11.4. The molecule has 0 heterocycles. The Balaban J connectivity index is 1.82. The van der Waals surface area contributed by atoms with Crippen molar-refractivity contribution in [2.45, 2.75) is 83.0 Å². The number of rotatable bonds is 13. The Kier molecular flexibility index (Phi) is 10.6. The zero-order chi connectivity index (χ0) is 22.8. The largest absolute Gasteiger partial charge is 0.494 e. The minimum atomic E-state index is -0.761. The average Bonchev–Trinajstić information content (AvgIpc) is 3.00. The van der Waals surface area contributed by atoms with Crippen LogP contribution in [0.25, 0.3) is 6.08 Å². The van der Waals surface area contributed by atoms with Gasteiger partial charge in [-0.3, -0.25) is 0 Å². The minimum Gasteiger partial charge on any atom is -0.494 e. The molecule has 31 heavy (non-hydrogen) atoms. The third-order valence-electron chi connectivity index (χ3n) is 6.34. The standard InChI is InChI=1S/C25H37FO5/c1-17(27)8-5-3-4-6-10-20-21(23(30)16-22(20)29)15-14-19(28)13-12-18-9-7-11-24(31-2)25(18)26/h7,9,11-13,19-23,28-30H,3-6,8,10,14-16H2,1-2H3/b13-12+/t19?,20-,21-,22+,23-/m1/s1. The highest BCUT2D eigenvalue weighted by atomic mass is 19.1. The van der Waals surface area contributed by atoms with Crippen LogP contribution in [-0.4, -0.2) is 46.5 Å². The van der Waals surface area contributed by atoms with Crippen molar-refractivity contribution in [3.8, 4) is 5.75 Å². The van der Waals surface area contributed by atoms with Crippen molar-refractivity contribution in [3.05, 3.63) is 35.7 Å². The maximum atomic E-state index is 14.2. The highest BCUT2D eigenvalue weighted by molar-refractivity contribution is 5.75. The normalized spacial score (nSPS) is 24.6. The van der Waals surface area contributed by atoms with E-state index in [4.69, 9.17) is 4.74 Å². The number of methoxy groups -OCH3 is 1. The molecular weight excluding hydrogens is 399 g/mol. The summed E-state index contributed by atoms with van der Waals surface area (Å²) in [5.41, 5.74) is 0.345. The van der Waals surface area contributed by atoms with Crippen molar-refractivity contribution in [1.82, 2.24) is 0 Å². The van der Waals surface area contributed by atoms with Crippen molar-refractivity contribution < 1.29 is 29.2 Å². The Bertz CT molecular complexity index is 720. The van der Waals surface area contributed by atoms with E-state index in [1.54, 1.807) is 37.3 Å². The van der Waals surface area contributed by atoms with E-state index in [0.717, 1.165) is 32.1 Å². The zero-order valence-electron chi connectivity index (χ0n) is 18.7. The number of benzene rings is 1. The van der Waals surface area contributed by atoms with Crippen molar-refractivity contribution in [1.29, 1.82) is 0 Å². The number of unbranched alkanes of at least 4 members (excludes halogenated alkanes) is 3. The van der Waals surface area contributed by atoms with Crippen LogP contribution in [0.4, 0.5) is 4.39 Å². The summed E-state index contributed by atoms with van der Waals surface area (Å²) < 4.78 is 19.2. The molecule has 3 N–H and O–H groups in total. The second-order valence-corrected chi connectivity index (χ2v) is 8.72. The Labute approximate surface area is 184 Å². The van der Waals surface area contributed by atoms with E-state index >= 15 is 0 Å². The fourth-order valence-electron chi connectivity index (χ4n) is 4.58. The first-order chi connectivity index (χ1) is 14.8. The van der Waals surface area contributed by atoms with Crippen LogP contribution in [0, 0.1) is 17.7 Å². The SMILES string of the molecule is COc1cccc(/C=C/C(O)CC[C@@H]2[C@@H](CCCCCCC(C)=O)[C@@H](O)C[C@H]2O)c1F. The number of aliphatic hydroxyl groups is 3. The number of ether oxygens (including phenoxy) is 1. The van der Waals surface area contributed by atoms with Gasteiger partial charge in [-0.1, -0.05) is 43.5 Å². The van der Waals surface area contributed by atoms with Crippen LogP contribution in [0.5, 0.6) is 5.75 Å². The number of Topliss-reactive ketones (excluding diaryl/α,β-unsaturated/α-hetero) is 1. The summed E-state index contributed by atoms with van der Waals surface area (Å²) in [6.45, 7) is 1.61. The molecule has 0 spiro atoms. The third kappa shape index (κ3) is 8.02. The lowest BCUT2D eigenvalue weighted by Gasteiger charge is -2.24. The quantitative estimate of drug-likeness (QED) is 0.402. The van der Waals surface area contributed by atoms with Crippen molar-refractivity contribution in [2.24, 2.45) is 11.8 Å². The fourth-order valence-corrected chi connectivity index (χ4v) is 4.58. The first kappa shape index (κ1) is 25.5. The monoisotopic (exact) mass is 436 g/mol. The maximum Gasteiger partial charge on any atom is 0.172 e. The summed E-state index contributed by atoms with van der Waals surface area (Å²) in [4.78, 5) is 11.0. The predicted octanol–water partition coefficient (Wildman–Crippen LogP) is 4.28. The maximum absolute atomic E-state index is 14.2. The van der Waals surface area contributed by atoms with E-state index in [0.29, 0.717) is 31.2 Å². The van der Waals surface area contributed by atoms with Gasteiger partial charge in [0.15, 0.2) is 11.6 Å². The Morgan fingerprint density at radius 2 is 1.84 bits per heavy atom. The third-order valence-corrected chi connectivity index (χ3v) is 6.34. The first-order valence-electron chi connectivity index (χ1n) is 11.4. The molecule has 5 nitrogen and oxygen atoms in total. The molecule has 1 unspecified atom stereocenters. The highest BCUT2D eigenvalue weighted by Crippen LogP contribution is 2.39. The molecule has 0 saturated heterocycles. The molecule has 6 heteroatoms. The molecule has 5 atom stereocenters. The summed E-state index contributed by atoms with van der Waals surface area (Å²) >= 11 is 0. The predicted molar refractivity (Wildman–Crippen MR) is 119 cm³/mol. The number of aliphatic hydroxyl groups excluding tert-OH is 3. The fraction of sp³-hybridized carbons (Fsp3) is 0.640. The molecule has 0 aliphatic heterocycles. The molecule has 1 aliphatic carbocycles. The van der Waals surface area contributed by atoms with Crippen molar-refractivity contribution in [2.75, 3.05) is 7.11 Å². The molecule has 0 bridgehead atoms. The van der Waals surface area contributed by atoms with Gasteiger partial charge in [-0.15, -0.1) is 0 Å². The lowest BCUT2D eigenvalue weighted by Crippen LogP contribution is -2.23. The van der Waals surface area contributed by atoms with Gasteiger partial charge in [-0.25, -0.2) is 4.39 Å². The van der Waals surface area contributed by atoms with Gasteiger partial charge in [0.05, 0.1) is 25.4 Å². The van der Waals surface area contributed by atoms with Gasteiger partial charge >= 0.3 is 0 Å². The van der Waals surface area contributed by atoms with Gasteiger partial charge in [-0.05, 0) is 56.9 Å². The van der Waals surface area contributed by atoms with Crippen molar-refractivity contribution in [3.63, 3.8) is 0 Å². The molecule has 0 radical (unpaired) electrons. The van der Waals surface area contributed by atoms with Gasteiger partial charge in [0.25, 0.3) is 0 Å². The number of carbonyl (C=O) groups is 1. The number of hydrogen-bond donors (Lipinski definition) is 3. The van der Waals surface area contributed by atoms with E-state index in [-0.39, 0.29) is 23.4 Å². The summed E-state index contributed by atoms with van der Waals surface area (Å²) in [6.07, 6.45) is 8.00. The summed E-state index contributed by atoms with van der Waals surface area (Å²) in [7, 11) is 1.41. The van der Waals surface area contributed by atoms with Crippen LogP contribution in [0.1, 0.15) is 70.3 Å². The smallest absolute Gasteiger partial charge is 0.172 e. The molecule has 1 fully saturated rings. The second-order valence-electron chi connectivity index (χ2n) is 8.72. The zero-order valence-corrected chi connectivity index (χ0v) is 18.7. The number of carbonyl (C=O) groups excluding carboxylic acids is 1. The van der Waals surface area contributed by atoms with Crippen LogP contribution in [0.3, 0.4) is 0 Å². The topological polar surface area (TPSA) is 87.0 Å². The van der Waals surface area contributed by atoms with E-state index in [1.165, 1.54) is 7.11 Å². The van der Waals surface area contributed by atoms with E-state index in [1.807, 2.05) is 0 Å². The van der Waals surface area contributed by atoms with Gasteiger partial charge in [0, 0.05) is 12.0 Å². The average molecular weight is 437 g/mol. The molecule has 2 rings (SSSR count). The lowest BCUT2D eigenvalue weighted by molar-refractivity contribution is -0.117. The Morgan fingerprint density at radius 3 is 2.52 bits per heavy atom. The molecule has 174 valence electrons. The summed E-state index contributed by atoms with van der Waals surface area (Å²) in [5.74, 6) is -0.121. The second kappa shape index (κ2) is 12.9. The molecule has 0 amide bonds. The van der Waals surface area contributed by atoms with Gasteiger partial charge in [-0.2, -0.15) is 0 Å². The molecular formula is C25H37FO5. The summed E-state index contributed by atoms with van der Waals surface area (Å²) in [6, 6.07) is 4.85. The van der Waals surface area contributed by atoms with E-state index < -0.39 is 24.1 Å². The molecule has 1 aromatic carbocycles. The number of hydrogen-bond acceptors (Lipinski definition) is 5. The van der Waals surface area contributed by atoms with Crippen LogP contribution in [0.15, 0.2) is 24.3 Å². The van der Waals surface area contributed by atoms with E-state index in [9.17, 15) is 24.5 Å². The van der Waals surface area contributed by atoms with Gasteiger partial charge < -0.3 is 24.9 Å². The lowest BCUT2D eigenvalue weighted by atomic mass is 9.85. The van der Waals surface area contributed by atoms with Gasteiger partial charge in [0.2, 0.25) is 0 Å². The number of ketones is 1. The van der Waals surface area contributed by atoms with Crippen LogP contribution in [-0.2, 0) is 4.79 Å². The van der Waals surface area contributed by atoms with Crippen molar-refractivity contribution >= 4 is 11.9 Å². The molecule has 0 aromatic heterocycles. The Hall–Kier alpha value is -1.76. The highest BCUT2D eigenvalue weighted by Gasteiger charge is 2.40. The molecule has 1 aliphatic rings. The van der Waals surface area contributed by atoms with Crippen LogP contribution < -0.4 is 4.74 Å². The van der Waals surface area contributed by atoms with Gasteiger partial charge in [0.1, 0.15) is 5.78 Å².